The van der Waals surface area contributed by atoms with Crippen LogP contribution in [0.3, 0.4) is 0 Å². The normalized spacial score (nSPS) is 28.2. The van der Waals surface area contributed by atoms with E-state index >= 15 is 0 Å². The molecule has 0 aromatic rings. The van der Waals surface area contributed by atoms with Crippen LogP contribution in [0.1, 0.15) is 40.5 Å². The molecule has 16 heavy (non-hydrogen) atoms. The molecule has 1 rings (SSSR count). The molecular weight excluding hydrogens is 206 g/mol. The highest BCUT2D eigenvalue weighted by Gasteiger charge is 2.31. The van der Waals surface area contributed by atoms with Crippen LogP contribution in [0.15, 0.2) is 0 Å². The lowest BCUT2D eigenvalue weighted by molar-refractivity contribution is -0.145. The standard InChI is InChI=1S/C12H23NO3/c1-8(2)16-11-5-6-13(9(3)7-11)12(15)10(4)14/h8-11,14H,5-7H2,1-4H3/t9-,10-,11-/m1/s1. The van der Waals surface area contributed by atoms with E-state index in [2.05, 4.69) is 0 Å². The number of likely N-dealkylation sites (tertiary alicyclic amines) is 1. The molecule has 1 saturated heterocycles. The summed E-state index contributed by atoms with van der Waals surface area (Å²) >= 11 is 0. The summed E-state index contributed by atoms with van der Waals surface area (Å²) in [7, 11) is 0. The minimum absolute atomic E-state index is 0.152. The lowest BCUT2D eigenvalue weighted by atomic mass is 10.00. The number of ether oxygens (including phenoxy) is 1. The Labute approximate surface area is 97.6 Å². The molecule has 0 aromatic carbocycles. The number of aliphatic hydroxyl groups is 1. The molecule has 1 aliphatic heterocycles. The van der Waals surface area contributed by atoms with Crippen LogP contribution in [0, 0.1) is 0 Å². The molecule has 0 aromatic heterocycles. The topological polar surface area (TPSA) is 49.8 Å². The van der Waals surface area contributed by atoms with E-state index in [1.807, 2.05) is 20.8 Å². The van der Waals surface area contributed by atoms with Gasteiger partial charge in [0.05, 0.1) is 12.2 Å². The summed E-state index contributed by atoms with van der Waals surface area (Å²) in [5.74, 6) is -0.171. The van der Waals surface area contributed by atoms with Crippen molar-refractivity contribution in [2.75, 3.05) is 6.54 Å². The molecule has 0 aliphatic carbocycles. The SMILES string of the molecule is CC(C)O[C@@H]1CCN(C(=O)[C@@H](C)O)[C@H](C)C1. The van der Waals surface area contributed by atoms with Gasteiger partial charge in [0.15, 0.2) is 0 Å². The third kappa shape index (κ3) is 3.46. The molecule has 0 radical (unpaired) electrons. The molecule has 1 aliphatic rings. The van der Waals surface area contributed by atoms with E-state index in [0.717, 1.165) is 12.8 Å². The number of rotatable bonds is 3. The average Bonchev–Trinajstić information content (AvgIpc) is 2.15. The van der Waals surface area contributed by atoms with E-state index in [9.17, 15) is 9.90 Å². The number of amides is 1. The van der Waals surface area contributed by atoms with Crippen molar-refractivity contribution in [2.24, 2.45) is 0 Å². The third-order valence-electron chi connectivity index (χ3n) is 2.93. The highest BCUT2D eigenvalue weighted by molar-refractivity contribution is 5.80. The second-order valence-corrected chi connectivity index (χ2v) is 4.89. The first-order chi connectivity index (χ1) is 7.41. The number of aliphatic hydroxyl groups excluding tert-OH is 1. The molecular formula is C12H23NO3. The van der Waals surface area contributed by atoms with Gasteiger partial charge in [0, 0.05) is 12.6 Å². The maximum atomic E-state index is 11.7. The summed E-state index contributed by atoms with van der Waals surface area (Å²) in [5, 5.41) is 9.28. The van der Waals surface area contributed by atoms with E-state index in [-0.39, 0.29) is 24.2 Å². The van der Waals surface area contributed by atoms with Gasteiger partial charge in [-0.3, -0.25) is 4.79 Å². The lowest BCUT2D eigenvalue weighted by Crippen LogP contribution is -2.50. The van der Waals surface area contributed by atoms with Crippen molar-refractivity contribution in [2.45, 2.75) is 64.9 Å². The molecule has 0 saturated carbocycles. The van der Waals surface area contributed by atoms with Gasteiger partial charge >= 0.3 is 0 Å². The highest BCUT2D eigenvalue weighted by Crippen LogP contribution is 2.21. The Morgan fingerprint density at radius 2 is 2.06 bits per heavy atom. The molecule has 3 atom stereocenters. The van der Waals surface area contributed by atoms with Gasteiger partial charge in [0.1, 0.15) is 6.10 Å². The van der Waals surface area contributed by atoms with E-state index in [1.54, 1.807) is 4.90 Å². The van der Waals surface area contributed by atoms with Gasteiger partial charge < -0.3 is 14.7 Å². The first kappa shape index (κ1) is 13.5. The second-order valence-electron chi connectivity index (χ2n) is 4.89. The molecule has 94 valence electrons. The average molecular weight is 229 g/mol. The van der Waals surface area contributed by atoms with Gasteiger partial charge in [-0.1, -0.05) is 0 Å². The summed E-state index contributed by atoms with van der Waals surface area (Å²) in [6.45, 7) is 8.26. The maximum Gasteiger partial charge on any atom is 0.251 e. The summed E-state index contributed by atoms with van der Waals surface area (Å²) in [5.41, 5.74) is 0. The highest BCUT2D eigenvalue weighted by atomic mass is 16.5. The Hall–Kier alpha value is -0.610. The van der Waals surface area contributed by atoms with Crippen LogP contribution >= 0.6 is 0 Å². The smallest absolute Gasteiger partial charge is 0.251 e. The predicted octanol–water partition coefficient (Wildman–Crippen LogP) is 1.17. The number of piperidine rings is 1. The van der Waals surface area contributed by atoms with Crippen molar-refractivity contribution in [3.05, 3.63) is 0 Å². The van der Waals surface area contributed by atoms with Crippen LogP contribution in [0.25, 0.3) is 0 Å². The second kappa shape index (κ2) is 5.64. The molecule has 1 N–H and O–H groups in total. The van der Waals surface area contributed by atoms with Gasteiger partial charge in [0.2, 0.25) is 0 Å². The predicted molar refractivity (Wildman–Crippen MR) is 62.1 cm³/mol. The molecule has 0 spiro atoms. The summed E-state index contributed by atoms with van der Waals surface area (Å²) in [6, 6.07) is 0.152. The fraction of sp³-hybridized carbons (Fsp3) is 0.917. The van der Waals surface area contributed by atoms with Crippen LogP contribution in [-0.4, -0.2) is 46.8 Å². The monoisotopic (exact) mass is 229 g/mol. The summed E-state index contributed by atoms with van der Waals surface area (Å²) in [4.78, 5) is 13.4. The van der Waals surface area contributed by atoms with Crippen LogP contribution < -0.4 is 0 Å². The van der Waals surface area contributed by atoms with E-state index in [0.29, 0.717) is 6.54 Å². The number of hydrogen-bond acceptors (Lipinski definition) is 3. The van der Waals surface area contributed by atoms with Gasteiger partial charge in [0.25, 0.3) is 5.91 Å². The zero-order chi connectivity index (χ0) is 12.3. The van der Waals surface area contributed by atoms with Crippen LogP contribution in [0.4, 0.5) is 0 Å². The first-order valence-electron chi connectivity index (χ1n) is 6.05. The summed E-state index contributed by atoms with van der Waals surface area (Å²) < 4.78 is 5.75. The number of nitrogens with zero attached hydrogens (tertiary/aromatic N) is 1. The molecule has 1 heterocycles. The van der Waals surface area contributed by atoms with E-state index < -0.39 is 6.10 Å². The largest absolute Gasteiger partial charge is 0.384 e. The number of carbonyl (C=O) groups excluding carboxylic acids is 1. The third-order valence-corrected chi connectivity index (χ3v) is 2.93. The number of hydrogen-bond donors (Lipinski definition) is 1. The molecule has 4 nitrogen and oxygen atoms in total. The van der Waals surface area contributed by atoms with Crippen molar-refractivity contribution < 1.29 is 14.6 Å². The van der Waals surface area contributed by atoms with Crippen molar-refractivity contribution in [3.8, 4) is 0 Å². The van der Waals surface area contributed by atoms with E-state index in [4.69, 9.17) is 4.74 Å². The fourth-order valence-corrected chi connectivity index (χ4v) is 2.20. The minimum Gasteiger partial charge on any atom is -0.384 e. The maximum absolute atomic E-state index is 11.7. The Balaban J connectivity index is 2.49. The Morgan fingerprint density at radius 3 is 2.50 bits per heavy atom. The molecule has 1 amide bonds. The lowest BCUT2D eigenvalue weighted by Gasteiger charge is -2.38. The zero-order valence-corrected chi connectivity index (χ0v) is 10.6. The Kier molecular flexibility index (Phi) is 4.74. The minimum atomic E-state index is -0.898. The first-order valence-corrected chi connectivity index (χ1v) is 6.05. The molecule has 1 fully saturated rings. The van der Waals surface area contributed by atoms with Gasteiger partial charge in [-0.25, -0.2) is 0 Å². The van der Waals surface area contributed by atoms with Crippen LogP contribution in [-0.2, 0) is 9.53 Å². The Morgan fingerprint density at radius 1 is 1.44 bits per heavy atom. The van der Waals surface area contributed by atoms with Crippen molar-refractivity contribution in [1.82, 2.24) is 4.90 Å². The summed E-state index contributed by atoms with van der Waals surface area (Å²) in [6.07, 6.45) is 1.30. The van der Waals surface area contributed by atoms with Crippen molar-refractivity contribution >= 4 is 5.91 Å². The Bertz CT molecular complexity index is 240. The molecule has 0 bridgehead atoms. The molecule has 0 unspecified atom stereocenters. The van der Waals surface area contributed by atoms with Gasteiger partial charge in [-0.05, 0) is 40.5 Å². The molecule has 4 heteroatoms. The van der Waals surface area contributed by atoms with Crippen LogP contribution in [0.2, 0.25) is 0 Å². The van der Waals surface area contributed by atoms with Crippen molar-refractivity contribution in [1.29, 1.82) is 0 Å². The zero-order valence-electron chi connectivity index (χ0n) is 10.6. The van der Waals surface area contributed by atoms with Crippen molar-refractivity contribution in [3.63, 3.8) is 0 Å². The number of carbonyl (C=O) groups is 1. The van der Waals surface area contributed by atoms with Gasteiger partial charge in [-0.15, -0.1) is 0 Å². The fourth-order valence-electron chi connectivity index (χ4n) is 2.20. The van der Waals surface area contributed by atoms with Gasteiger partial charge in [-0.2, -0.15) is 0 Å². The quantitative estimate of drug-likeness (QED) is 0.790. The van der Waals surface area contributed by atoms with E-state index in [1.165, 1.54) is 6.92 Å². The van der Waals surface area contributed by atoms with Crippen LogP contribution in [0.5, 0.6) is 0 Å².